The monoisotopic (exact) mass is 343 g/mol. The lowest BCUT2D eigenvalue weighted by molar-refractivity contribution is -0.842. The molecule has 0 rings (SSSR count). The highest BCUT2D eigenvalue weighted by atomic mass is 31.2. The van der Waals surface area contributed by atoms with E-state index in [2.05, 4.69) is 0 Å². The Hall–Kier alpha value is 0.300. The van der Waals surface area contributed by atoms with Gasteiger partial charge in [0.25, 0.3) is 0 Å². The fourth-order valence-electron chi connectivity index (χ4n) is 2.99. The van der Waals surface area contributed by atoms with Crippen LogP contribution >= 0.6 is 14.9 Å². The predicted octanol–water partition coefficient (Wildman–Crippen LogP) is 3.97. The average Bonchev–Trinajstić information content (AvgIpc) is 2.23. The molecule has 0 aromatic heterocycles. The van der Waals surface area contributed by atoms with E-state index in [9.17, 15) is 24.1 Å². The topological polar surface area (TPSA) is 97.7 Å². The highest BCUT2D eigenvalue weighted by Crippen LogP contribution is 2.69. The van der Waals surface area contributed by atoms with Crippen LogP contribution in [0.1, 0.15) is 55.4 Å². The number of hydrogen-bond acceptors (Lipinski definition) is 3. The van der Waals surface area contributed by atoms with Gasteiger partial charge in [-0.2, -0.15) is 0 Å². The van der Waals surface area contributed by atoms with E-state index in [0.717, 1.165) is 0 Å². The van der Waals surface area contributed by atoms with Gasteiger partial charge in [0.2, 0.25) is 0 Å². The first-order valence-corrected chi connectivity index (χ1v) is 10.9. The molecule has 0 heterocycles. The first-order valence-electron chi connectivity index (χ1n) is 7.22. The first kappa shape index (κ1) is 21.3. The number of hydrogen-bond donors (Lipinski definition) is 2. The number of nitrogens with zero attached hydrogens (tertiary/aromatic N) is 1. The molecule has 0 aliphatic heterocycles. The average molecular weight is 343 g/mol. The van der Waals surface area contributed by atoms with Crippen molar-refractivity contribution in [2.24, 2.45) is 5.41 Å². The summed E-state index contributed by atoms with van der Waals surface area (Å²) in [7, 11) is -8.13. The van der Waals surface area contributed by atoms with Gasteiger partial charge >= 0.3 is 7.75 Å². The van der Waals surface area contributed by atoms with E-state index < -0.39 is 36.0 Å². The van der Waals surface area contributed by atoms with Gasteiger partial charge in [-0.15, -0.1) is 0 Å². The minimum atomic E-state index is -5.07. The number of rotatable bonds is 5. The highest BCUT2D eigenvalue weighted by Gasteiger charge is 2.61. The Balaban J connectivity index is 6.66. The maximum absolute atomic E-state index is 13.5. The molecule has 6 nitrogen and oxygen atoms in total. The maximum Gasteiger partial charge on any atom is 0.527 e. The summed E-state index contributed by atoms with van der Waals surface area (Å²) in [6, 6.07) is 0. The third kappa shape index (κ3) is 3.80. The van der Waals surface area contributed by atoms with E-state index >= 15 is 0 Å². The van der Waals surface area contributed by atoms with Gasteiger partial charge in [0, 0.05) is 17.7 Å². The van der Waals surface area contributed by atoms with E-state index in [1.807, 2.05) is 0 Å². The van der Waals surface area contributed by atoms with Crippen LogP contribution in [-0.4, -0.2) is 37.8 Å². The minimum Gasteiger partial charge on any atom is -0.625 e. The molecule has 0 saturated carbocycles. The molecule has 21 heavy (non-hydrogen) atoms. The third-order valence-electron chi connectivity index (χ3n) is 3.97. The van der Waals surface area contributed by atoms with E-state index in [1.54, 1.807) is 34.6 Å². The molecule has 0 aliphatic carbocycles. The molecule has 0 aliphatic rings. The van der Waals surface area contributed by atoms with Crippen molar-refractivity contribution < 1.29 is 23.3 Å². The van der Waals surface area contributed by atoms with E-state index in [4.69, 9.17) is 0 Å². The van der Waals surface area contributed by atoms with Gasteiger partial charge < -0.3 is 9.77 Å². The Labute approximate surface area is 128 Å². The van der Waals surface area contributed by atoms with Crippen LogP contribution in [-0.2, 0) is 9.13 Å². The smallest absolute Gasteiger partial charge is 0.527 e. The molecule has 0 aromatic carbocycles. The van der Waals surface area contributed by atoms with Crippen LogP contribution in [0.5, 0.6) is 0 Å². The van der Waals surface area contributed by atoms with Crippen molar-refractivity contribution in [1.29, 1.82) is 0 Å². The molecule has 0 amide bonds. The van der Waals surface area contributed by atoms with Gasteiger partial charge in [0.15, 0.2) is 5.78 Å². The summed E-state index contributed by atoms with van der Waals surface area (Å²) in [5.74, 6) is -1.15. The highest BCUT2D eigenvalue weighted by molar-refractivity contribution is 7.64. The van der Waals surface area contributed by atoms with Gasteiger partial charge in [0.05, 0.1) is 5.54 Å². The van der Waals surface area contributed by atoms with Crippen molar-refractivity contribution in [3.8, 4) is 0 Å². The zero-order valence-electron chi connectivity index (χ0n) is 14.5. The van der Waals surface area contributed by atoms with Crippen molar-refractivity contribution in [2.45, 2.75) is 66.7 Å². The van der Waals surface area contributed by atoms with Crippen LogP contribution < -0.4 is 0 Å². The Morgan fingerprint density at radius 3 is 1.48 bits per heavy atom. The Kier molecular flexibility index (Phi) is 6.15. The molecule has 8 heteroatoms. The minimum absolute atomic E-state index is 0.254. The summed E-state index contributed by atoms with van der Waals surface area (Å²) >= 11 is 0. The summed E-state index contributed by atoms with van der Waals surface area (Å²) < 4.78 is 23.6. The molecule has 0 fully saturated rings. The van der Waals surface area contributed by atoms with E-state index in [1.165, 1.54) is 20.8 Å². The Bertz CT molecular complexity index is 452. The van der Waals surface area contributed by atoms with Crippen molar-refractivity contribution in [2.75, 3.05) is 12.3 Å². The summed E-state index contributed by atoms with van der Waals surface area (Å²) in [4.78, 5) is 19.6. The van der Waals surface area contributed by atoms with Crippen LogP contribution in [0, 0.1) is 10.6 Å². The Morgan fingerprint density at radius 1 is 1.00 bits per heavy atom. The summed E-state index contributed by atoms with van der Waals surface area (Å²) in [5, 5.41) is 13.5. The molecule has 2 N–H and O–H groups in total. The lowest BCUT2D eigenvalue weighted by Gasteiger charge is -2.60. The molecule has 2 unspecified atom stereocenters. The van der Waals surface area contributed by atoms with Gasteiger partial charge in [-0.3, -0.25) is 14.2 Å². The standard InChI is InChI=1S/C13H31NO5P2/c1-9-20(16,10-2)11(12(3,4)5)14(15,13(6,7)8)21(17,18)19/h11H,9-10H2,1-8H3,(H2,17,18,19). The normalized spacial score (nSPS) is 19.2. The van der Waals surface area contributed by atoms with Gasteiger partial charge in [0.1, 0.15) is 7.14 Å². The molecule has 0 saturated heterocycles. The van der Waals surface area contributed by atoms with Crippen molar-refractivity contribution >= 4 is 14.9 Å². The molecule has 0 radical (unpaired) electrons. The molecule has 128 valence electrons. The van der Waals surface area contributed by atoms with Crippen LogP contribution in [0.2, 0.25) is 0 Å². The third-order valence-corrected chi connectivity index (χ3v) is 9.89. The van der Waals surface area contributed by atoms with Crippen molar-refractivity contribution in [3.05, 3.63) is 5.21 Å². The molecule has 0 spiro atoms. The maximum atomic E-state index is 13.5. The van der Waals surface area contributed by atoms with Crippen LogP contribution in [0.15, 0.2) is 0 Å². The lowest BCUT2D eigenvalue weighted by atomic mass is 9.94. The van der Waals surface area contributed by atoms with Gasteiger partial charge in [-0.1, -0.05) is 34.6 Å². The summed E-state index contributed by atoms with van der Waals surface area (Å²) in [6.07, 6.45) is 0.507. The van der Waals surface area contributed by atoms with Crippen LogP contribution in [0.3, 0.4) is 0 Å². The second-order valence-corrected chi connectivity index (χ2v) is 12.9. The summed E-state index contributed by atoms with van der Waals surface area (Å²) in [5.41, 5.74) is -2.07. The summed E-state index contributed by atoms with van der Waals surface area (Å²) in [6.45, 7) is 13.1. The van der Waals surface area contributed by atoms with Gasteiger partial charge in [-0.25, -0.2) is 4.57 Å². The van der Waals surface area contributed by atoms with Crippen LogP contribution in [0.25, 0.3) is 0 Å². The second-order valence-electron chi connectivity index (χ2n) is 7.63. The second kappa shape index (κ2) is 6.07. The number of hydroxylamine groups is 2. The fraction of sp³-hybridized carbons (Fsp3) is 1.00. The molecular weight excluding hydrogens is 312 g/mol. The molecular formula is C13H31NO5P2. The van der Waals surface area contributed by atoms with Gasteiger partial charge in [-0.05, 0) is 20.8 Å². The predicted molar refractivity (Wildman–Crippen MR) is 87.4 cm³/mol. The zero-order valence-corrected chi connectivity index (χ0v) is 16.2. The van der Waals surface area contributed by atoms with E-state index in [0.29, 0.717) is 0 Å². The first-order chi connectivity index (χ1) is 8.99. The molecule has 0 bridgehead atoms. The SMILES string of the molecule is CCP(=O)(CC)C(C(C)(C)C)[N+]([O-])(C(C)(C)C)P(=O)(O)O. The number of quaternary nitrogens is 1. The quantitative estimate of drug-likeness (QED) is 0.581. The Morgan fingerprint density at radius 2 is 1.33 bits per heavy atom. The van der Waals surface area contributed by atoms with Crippen molar-refractivity contribution in [1.82, 2.24) is 0 Å². The largest absolute Gasteiger partial charge is 0.625 e. The fourth-order valence-corrected chi connectivity index (χ4v) is 8.83. The zero-order chi connectivity index (χ0) is 17.5. The van der Waals surface area contributed by atoms with Crippen LogP contribution in [0.4, 0.5) is 0 Å². The lowest BCUT2D eigenvalue weighted by Crippen LogP contribution is -2.62. The van der Waals surface area contributed by atoms with E-state index in [-0.39, 0.29) is 12.3 Å². The molecule has 0 aromatic rings. The molecule has 2 atom stereocenters. The van der Waals surface area contributed by atoms with Crippen molar-refractivity contribution in [3.63, 3.8) is 0 Å².